The third kappa shape index (κ3) is 20.2. The summed E-state index contributed by atoms with van der Waals surface area (Å²) in [6, 6.07) is 25.5. The first-order valence-electron chi connectivity index (χ1n) is 21.3. The Bertz CT molecular complexity index is 2150. The normalized spacial score (nSPS) is 10.8. The van der Waals surface area contributed by atoms with Crippen LogP contribution in [0.2, 0.25) is 0 Å². The Morgan fingerprint density at radius 1 is 0.492 bits per heavy atom. The lowest BCUT2D eigenvalue weighted by molar-refractivity contribution is -0.138. The fourth-order valence-corrected chi connectivity index (χ4v) is 5.64. The first-order chi connectivity index (χ1) is 31.8. The van der Waals surface area contributed by atoms with Crippen LogP contribution in [0.1, 0.15) is 83.2 Å². The van der Waals surface area contributed by atoms with Crippen LogP contribution < -0.4 is 23.7 Å². The van der Waals surface area contributed by atoms with Gasteiger partial charge in [-0.3, -0.25) is 0 Å². The fraction of sp³-hybridized carbons (Fsp3) is 0.320. The van der Waals surface area contributed by atoms with Crippen molar-refractivity contribution in [1.82, 2.24) is 0 Å². The molecule has 4 aromatic carbocycles. The van der Waals surface area contributed by atoms with Gasteiger partial charge in [-0.05, 0) is 153 Å². The van der Waals surface area contributed by atoms with E-state index in [0.29, 0.717) is 66.1 Å². The van der Waals surface area contributed by atoms with E-state index in [1.807, 2.05) is 0 Å². The van der Waals surface area contributed by atoms with Crippen molar-refractivity contribution in [2.45, 2.75) is 51.4 Å². The maximum absolute atomic E-state index is 13.0. The van der Waals surface area contributed by atoms with Gasteiger partial charge >= 0.3 is 23.9 Å². The molecule has 0 bridgehead atoms. The summed E-state index contributed by atoms with van der Waals surface area (Å²) in [5.41, 5.74) is 1.82. The SMILES string of the molecule is C=CC(=O)OCCCCCCOc1ccc(OCOc2ccc(/C=N/N=C/c3ccc(OC(=O)c4ccc(OCCCCCCOC(=O)C=C)cc4)cc3)cc2C(=O)OCCOC)cc1. The number of rotatable bonds is 31. The molecule has 0 radical (unpaired) electrons. The van der Waals surface area contributed by atoms with E-state index in [-0.39, 0.29) is 31.3 Å². The molecule has 0 saturated carbocycles. The molecule has 0 saturated heterocycles. The maximum Gasteiger partial charge on any atom is 0.343 e. The molecule has 15 heteroatoms. The number of hydrogen-bond acceptors (Lipinski definition) is 15. The van der Waals surface area contributed by atoms with E-state index in [1.165, 1.54) is 19.5 Å². The van der Waals surface area contributed by atoms with E-state index in [1.54, 1.807) is 91.0 Å². The number of esters is 4. The average Bonchev–Trinajstić information content (AvgIpc) is 3.33. The number of ether oxygens (including phenoxy) is 9. The zero-order valence-corrected chi connectivity index (χ0v) is 36.7. The molecule has 4 rings (SSSR count). The quantitative estimate of drug-likeness (QED) is 0.00685. The molecule has 0 aliphatic carbocycles. The smallest absolute Gasteiger partial charge is 0.343 e. The zero-order valence-electron chi connectivity index (χ0n) is 36.7. The topological polar surface area (TPSA) is 176 Å². The van der Waals surface area contributed by atoms with Gasteiger partial charge in [-0.25, -0.2) is 19.2 Å². The fourth-order valence-electron chi connectivity index (χ4n) is 5.64. The van der Waals surface area contributed by atoms with Gasteiger partial charge < -0.3 is 42.6 Å². The van der Waals surface area contributed by atoms with Gasteiger partial charge in [0.2, 0.25) is 6.79 Å². The predicted octanol–water partition coefficient (Wildman–Crippen LogP) is 8.91. The van der Waals surface area contributed by atoms with Crippen LogP contribution in [-0.2, 0) is 28.5 Å². The van der Waals surface area contributed by atoms with Crippen LogP contribution in [0, 0.1) is 0 Å². The highest BCUT2D eigenvalue weighted by atomic mass is 16.7. The number of unbranched alkanes of at least 4 members (excludes halogenated alkanes) is 6. The number of hydrogen-bond donors (Lipinski definition) is 0. The predicted molar refractivity (Wildman–Crippen MR) is 244 cm³/mol. The largest absolute Gasteiger partial charge is 0.494 e. The van der Waals surface area contributed by atoms with Crippen LogP contribution in [0.3, 0.4) is 0 Å². The van der Waals surface area contributed by atoms with Crippen molar-refractivity contribution in [2.24, 2.45) is 10.2 Å². The number of carbonyl (C=O) groups excluding carboxylic acids is 4. The number of methoxy groups -OCH3 is 1. The summed E-state index contributed by atoms with van der Waals surface area (Å²) < 4.78 is 49.0. The second kappa shape index (κ2) is 29.9. The molecule has 4 aromatic rings. The molecule has 0 fully saturated rings. The van der Waals surface area contributed by atoms with Gasteiger partial charge in [-0.15, -0.1) is 0 Å². The van der Waals surface area contributed by atoms with Gasteiger partial charge in [-0.1, -0.05) is 13.2 Å². The molecule has 0 aliphatic heterocycles. The molecule has 0 atom stereocenters. The van der Waals surface area contributed by atoms with E-state index in [2.05, 4.69) is 23.4 Å². The number of nitrogens with zero attached hydrogens (tertiary/aromatic N) is 2. The second-order valence-electron chi connectivity index (χ2n) is 14.0. The van der Waals surface area contributed by atoms with Gasteiger partial charge in [0, 0.05) is 19.3 Å². The van der Waals surface area contributed by atoms with Crippen LogP contribution in [0.15, 0.2) is 127 Å². The van der Waals surface area contributed by atoms with Crippen molar-refractivity contribution in [1.29, 1.82) is 0 Å². The van der Waals surface area contributed by atoms with Gasteiger partial charge in [-0.2, -0.15) is 10.2 Å². The highest BCUT2D eigenvalue weighted by Gasteiger charge is 2.16. The molecule has 0 amide bonds. The molecular weight excluding hydrogens is 837 g/mol. The minimum absolute atomic E-state index is 0.0545. The van der Waals surface area contributed by atoms with Gasteiger partial charge in [0.25, 0.3) is 0 Å². The molecule has 344 valence electrons. The van der Waals surface area contributed by atoms with Crippen LogP contribution >= 0.6 is 0 Å². The lowest BCUT2D eigenvalue weighted by Gasteiger charge is -2.13. The summed E-state index contributed by atoms with van der Waals surface area (Å²) in [5.74, 6) is 0.570. The first kappa shape index (κ1) is 50.4. The van der Waals surface area contributed by atoms with E-state index in [9.17, 15) is 19.2 Å². The van der Waals surface area contributed by atoms with Crippen molar-refractivity contribution in [2.75, 3.05) is 53.5 Å². The Labute approximate surface area is 379 Å². The molecule has 15 nitrogen and oxygen atoms in total. The summed E-state index contributed by atoms with van der Waals surface area (Å²) in [4.78, 5) is 47.9. The molecule has 0 spiro atoms. The summed E-state index contributed by atoms with van der Waals surface area (Å²) in [6.45, 7) is 8.70. The molecule has 0 aliphatic rings. The molecule has 0 heterocycles. The van der Waals surface area contributed by atoms with Gasteiger partial charge in [0.05, 0.1) is 51.0 Å². The van der Waals surface area contributed by atoms with Crippen molar-refractivity contribution in [3.63, 3.8) is 0 Å². The van der Waals surface area contributed by atoms with E-state index in [4.69, 9.17) is 42.6 Å². The zero-order chi connectivity index (χ0) is 46.3. The first-order valence-corrected chi connectivity index (χ1v) is 21.3. The molecule has 0 N–H and O–H groups in total. The molecule has 0 unspecified atom stereocenters. The molecule has 0 aromatic heterocycles. The van der Waals surface area contributed by atoms with Crippen molar-refractivity contribution >= 4 is 36.3 Å². The summed E-state index contributed by atoms with van der Waals surface area (Å²) in [5, 5.41) is 8.25. The Hall–Kier alpha value is -7.26. The van der Waals surface area contributed by atoms with Crippen molar-refractivity contribution < 1.29 is 61.8 Å². The highest BCUT2D eigenvalue weighted by molar-refractivity contribution is 5.95. The molecular formula is C50H56N2O13. The van der Waals surface area contributed by atoms with Crippen LogP contribution in [0.5, 0.6) is 28.7 Å². The van der Waals surface area contributed by atoms with Crippen LogP contribution in [-0.4, -0.2) is 89.9 Å². The highest BCUT2D eigenvalue weighted by Crippen LogP contribution is 2.23. The summed E-state index contributed by atoms with van der Waals surface area (Å²) >= 11 is 0. The van der Waals surface area contributed by atoms with Crippen molar-refractivity contribution in [3.05, 3.63) is 139 Å². The standard InChI is InChI=1S/C50H56N2O13/c1-4-47(53)60-30-12-8-6-10-28-58-41-21-17-40(18-22-41)49(55)65-44-19-14-38(15-20-44)35-51-52-36-39-16-27-46(45(34-39)50(56)62-33-32-57-3)64-37-63-43-25-23-42(24-26-43)59-29-11-7-9-13-31-61-48(54)5-2/h4-5,14-27,34-36H,1-2,6-13,28-33,37H2,3H3/b51-35+,52-36+. The van der Waals surface area contributed by atoms with Gasteiger partial charge in [0.15, 0.2) is 0 Å². The van der Waals surface area contributed by atoms with Crippen LogP contribution in [0.4, 0.5) is 0 Å². The Kier molecular flexibility index (Phi) is 23.2. The Morgan fingerprint density at radius 3 is 1.54 bits per heavy atom. The van der Waals surface area contributed by atoms with E-state index in [0.717, 1.165) is 63.5 Å². The van der Waals surface area contributed by atoms with E-state index < -0.39 is 23.9 Å². The average molecular weight is 893 g/mol. The van der Waals surface area contributed by atoms with Crippen LogP contribution in [0.25, 0.3) is 0 Å². The number of carbonyl (C=O) groups is 4. The summed E-state index contributed by atoms with van der Waals surface area (Å²) in [7, 11) is 1.51. The lowest BCUT2D eigenvalue weighted by atomic mass is 10.1. The minimum Gasteiger partial charge on any atom is -0.494 e. The maximum atomic E-state index is 13.0. The number of benzene rings is 4. The van der Waals surface area contributed by atoms with Gasteiger partial charge in [0.1, 0.15) is 40.9 Å². The lowest BCUT2D eigenvalue weighted by Crippen LogP contribution is -2.14. The summed E-state index contributed by atoms with van der Waals surface area (Å²) in [6.07, 6.45) is 12.4. The monoisotopic (exact) mass is 892 g/mol. The van der Waals surface area contributed by atoms with Crippen molar-refractivity contribution in [3.8, 4) is 28.7 Å². The third-order valence-electron chi connectivity index (χ3n) is 9.11. The third-order valence-corrected chi connectivity index (χ3v) is 9.11. The molecule has 65 heavy (non-hydrogen) atoms. The Balaban J connectivity index is 1.20. The minimum atomic E-state index is -0.609. The van der Waals surface area contributed by atoms with E-state index >= 15 is 0 Å². The Morgan fingerprint density at radius 2 is 0.985 bits per heavy atom. The second-order valence-corrected chi connectivity index (χ2v) is 14.0.